The second-order valence-electron chi connectivity index (χ2n) is 9.97. The van der Waals surface area contributed by atoms with E-state index in [0.717, 1.165) is 46.9 Å². The van der Waals surface area contributed by atoms with Crippen LogP contribution in [0.4, 0.5) is 0 Å². The second kappa shape index (κ2) is 9.67. The summed E-state index contributed by atoms with van der Waals surface area (Å²) in [7, 11) is 1.65. The number of hydrogen-bond donors (Lipinski definition) is 1. The highest BCUT2D eigenvalue weighted by Crippen LogP contribution is 2.43. The summed E-state index contributed by atoms with van der Waals surface area (Å²) < 4.78 is 7.26. The number of ether oxygens (including phenoxy) is 1. The van der Waals surface area contributed by atoms with Gasteiger partial charge in [0.15, 0.2) is 4.96 Å². The summed E-state index contributed by atoms with van der Waals surface area (Å²) in [6.07, 6.45) is 5.28. The van der Waals surface area contributed by atoms with E-state index >= 15 is 0 Å². The highest BCUT2D eigenvalue weighted by Gasteiger charge is 2.46. The molecule has 190 valence electrons. The molecule has 1 aliphatic heterocycles. The van der Waals surface area contributed by atoms with E-state index in [-0.39, 0.29) is 17.9 Å². The van der Waals surface area contributed by atoms with Crippen LogP contribution in [0.15, 0.2) is 60.1 Å². The van der Waals surface area contributed by atoms with Crippen LogP contribution in [0.2, 0.25) is 0 Å². The van der Waals surface area contributed by atoms with Gasteiger partial charge >= 0.3 is 0 Å². The predicted molar refractivity (Wildman–Crippen MR) is 144 cm³/mol. The topological polar surface area (TPSA) is 75.9 Å². The molecule has 1 aliphatic carbocycles. The lowest BCUT2D eigenvalue weighted by Crippen LogP contribution is -2.46. The number of hydrogen-bond acceptors (Lipinski definition) is 5. The molecule has 2 fully saturated rings. The molecule has 0 spiro atoms. The number of aryl methyl sites for hydroxylation is 1. The number of methoxy groups -OCH3 is 1. The molecule has 1 saturated heterocycles. The van der Waals surface area contributed by atoms with Gasteiger partial charge in [-0.15, -0.1) is 11.3 Å². The van der Waals surface area contributed by atoms with Crippen molar-refractivity contribution in [3.8, 4) is 16.9 Å². The Balaban J connectivity index is 1.27. The van der Waals surface area contributed by atoms with Gasteiger partial charge in [0, 0.05) is 30.2 Å². The normalized spacial score (nSPS) is 20.8. The molecule has 2 aromatic carbocycles. The van der Waals surface area contributed by atoms with Crippen LogP contribution in [-0.2, 0) is 0 Å². The highest BCUT2D eigenvalue weighted by atomic mass is 32.1. The Morgan fingerprint density at radius 3 is 2.89 bits per heavy atom. The average Bonchev–Trinajstić information content (AvgIpc) is 3.68. The van der Waals surface area contributed by atoms with Crippen molar-refractivity contribution < 1.29 is 14.3 Å². The minimum atomic E-state index is -0.144. The van der Waals surface area contributed by atoms with E-state index in [0.29, 0.717) is 29.6 Å². The summed E-state index contributed by atoms with van der Waals surface area (Å²) in [5.41, 5.74) is 3.80. The van der Waals surface area contributed by atoms with Gasteiger partial charge in [-0.3, -0.25) is 14.0 Å². The van der Waals surface area contributed by atoms with Crippen LogP contribution in [0, 0.1) is 18.8 Å². The van der Waals surface area contributed by atoms with Crippen LogP contribution in [0.1, 0.15) is 45.8 Å². The number of likely N-dealkylation sites (tertiary alicyclic amines) is 1. The number of amides is 2. The molecule has 3 atom stereocenters. The predicted octanol–water partition coefficient (Wildman–Crippen LogP) is 5.05. The van der Waals surface area contributed by atoms with Crippen LogP contribution in [-0.4, -0.2) is 52.3 Å². The van der Waals surface area contributed by atoms with Gasteiger partial charge in [0.05, 0.1) is 18.8 Å². The van der Waals surface area contributed by atoms with Gasteiger partial charge in [-0.05, 0) is 60.9 Å². The molecule has 1 saturated carbocycles. The summed E-state index contributed by atoms with van der Waals surface area (Å²) in [5, 5.41) is 5.08. The van der Waals surface area contributed by atoms with Crippen molar-refractivity contribution in [1.82, 2.24) is 19.6 Å². The SMILES string of the molecule is COc1cccc(-c2ccccc2C(=O)N2C[C@@H]3CCC[C@@H]3[C@H]2CNC(=O)c2c(C)nc3sccn23)c1. The fourth-order valence-electron chi connectivity index (χ4n) is 6.23. The Labute approximate surface area is 220 Å². The molecule has 2 amide bonds. The van der Waals surface area contributed by atoms with E-state index in [9.17, 15) is 9.59 Å². The van der Waals surface area contributed by atoms with Gasteiger partial charge < -0.3 is 15.0 Å². The first kappa shape index (κ1) is 23.7. The molecule has 1 N–H and O–H groups in total. The third kappa shape index (κ3) is 4.19. The highest BCUT2D eigenvalue weighted by molar-refractivity contribution is 7.15. The maximum Gasteiger partial charge on any atom is 0.270 e. The van der Waals surface area contributed by atoms with Gasteiger partial charge in [0.2, 0.25) is 0 Å². The third-order valence-electron chi connectivity index (χ3n) is 7.97. The molecule has 8 heteroatoms. The molecule has 0 bridgehead atoms. The largest absolute Gasteiger partial charge is 0.497 e. The quantitative estimate of drug-likeness (QED) is 0.391. The minimum absolute atomic E-state index is 0.0211. The van der Waals surface area contributed by atoms with Gasteiger partial charge in [-0.2, -0.15) is 0 Å². The fraction of sp³-hybridized carbons (Fsp3) is 0.345. The lowest BCUT2D eigenvalue weighted by Gasteiger charge is -2.29. The lowest BCUT2D eigenvalue weighted by molar-refractivity contribution is 0.0701. The van der Waals surface area contributed by atoms with Crippen molar-refractivity contribution >= 4 is 28.1 Å². The van der Waals surface area contributed by atoms with Gasteiger partial charge in [0.25, 0.3) is 11.8 Å². The molecular weight excluding hydrogens is 484 g/mol. The third-order valence-corrected chi connectivity index (χ3v) is 8.72. The maximum atomic E-state index is 14.1. The lowest BCUT2D eigenvalue weighted by atomic mass is 9.93. The zero-order valence-corrected chi connectivity index (χ0v) is 21.8. The minimum Gasteiger partial charge on any atom is -0.497 e. The number of aromatic nitrogens is 2. The van der Waals surface area contributed by atoms with Crippen molar-refractivity contribution in [2.24, 2.45) is 11.8 Å². The van der Waals surface area contributed by atoms with E-state index in [1.807, 2.05) is 76.3 Å². The molecule has 2 aromatic heterocycles. The zero-order valence-electron chi connectivity index (χ0n) is 21.0. The second-order valence-corrected chi connectivity index (χ2v) is 10.8. The molecule has 37 heavy (non-hydrogen) atoms. The van der Waals surface area contributed by atoms with E-state index in [2.05, 4.69) is 10.3 Å². The number of rotatable bonds is 6. The maximum absolute atomic E-state index is 14.1. The monoisotopic (exact) mass is 514 g/mol. The van der Waals surface area contributed by atoms with Crippen LogP contribution in [0.5, 0.6) is 5.75 Å². The molecule has 0 radical (unpaired) electrons. The summed E-state index contributed by atoms with van der Waals surface area (Å²) >= 11 is 1.51. The summed E-state index contributed by atoms with van der Waals surface area (Å²) in [4.78, 5) is 34.7. The van der Waals surface area contributed by atoms with Gasteiger partial charge in [0.1, 0.15) is 11.4 Å². The Morgan fingerprint density at radius 1 is 1.16 bits per heavy atom. The van der Waals surface area contributed by atoms with E-state index in [1.165, 1.54) is 17.8 Å². The molecular formula is C29H30N4O3S. The van der Waals surface area contributed by atoms with Crippen molar-refractivity contribution in [2.75, 3.05) is 20.2 Å². The standard InChI is InChI=1S/C29H30N4O3S/c1-18-26(32-13-14-37-29(32)31-18)27(34)30-16-25-23-12-6-8-20(23)17-33(25)28(35)24-11-4-3-10-22(24)19-7-5-9-21(15-19)36-2/h3-5,7,9-11,13-15,20,23,25H,6,8,12,16-17H2,1-2H3,(H,30,34)/t20-,23-,25+/m0/s1. The summed E-state index contributed by atoms with van der Waals surface area (Å²) in [6, 6.07) is 15.5. The van der Waals surface area contributed by atoms with E-state index in [4.69, 9.17) is 4.74 Å². The Morgan fingerprint density at radius 2 is 2.03 bits per heavy atom. The molecule has 2 aliphatic rings. The van der Waals surface area contributed by atoms with Gasteiger partial charge in [-0.1, -0.05) is 36.8 Å². The number of benzene rings is 2. The van der Waals surface area contributed by atoms with E-state index in [1.54, 1.807) is 7.11 Å². The fourth-order valence-corrected chi connectivity index (χ4v) is 6.99. The number of fused-ring (bicyclic) bond motifs is 2. The Bertz CT molecular complexity index is 1470. The molecule has 0 unspecified atom stereocenters. The molecule has 3 heterocycles. The van der Waals surface area contributed by atoms with Crippen LogP contribution in [0.25, 0.3) is 16.1 Å². The molecule has 7 nitrogen and oxygen atoms in total. The number of carbonyl (C=O) groups is 2. The van der Waals surface area contributed by atoms with Crippen LogP contribution in [0.3, 0.4) is 0 Å². The average molecular weight is 515 g/mol. The summed E-state index contributed by atoms with van der Waals surface area (Å²) in [6.45, 7) is 3.03. The first-order valence-electron chi connectivity index (χ1n) is 12.8. The number of nitrogens with zero attached hydrogens (tertiary/aromatic N) is 3. The Hall–Kier alpha value is -3.65. The van der Waals surface area contributed by atoms with Crippen molar-refractivity contribution in [1.29, 1.82) is 0 Å². The van der Waals surface area contributed by atoms with Crippen LogP contribution < -0.4 is 10.1 Å². The first-order chi connectivity index (χ1) is 18.0. The summed E-state index contributed by atoms with van der Waals surface area (Å²) in [5.74, 6) is 1.52. The van der Waals surface area contributed by atoms with Crippen LogP contribution >= 0.6 is 11.3 Å². The smallest absolute Gasteiger partial charge is 0.270 e. The first-order valence-corrected chi connectivity index (χ1v) is 13.7. The number of thiazole rings is 1. The molecule has 6 rings (SSSR count). The van der Waals surface area contributed by atoms with Crippen molar-refractivity contribution in [2.45, 2.75) is 32.2 Å². The number of nitrogens with one attached hydrogen (secondary N) is 1. The molecule has 4 aromatic rings. The van der Waals surface area contributed by atoms with E-state index < -0.39 is 0 Å². The Kier molecular flexibility index (Phi) is 6.20. The number of carbonyl (C=O) groups excluding carboxylic acids is 2. The van der Waals surface area contributed by atoms with Gasteiger partial charge in [-0.25, -0.2) is 4.98 Å². The number of imidazole rings is 1. The van der Waals surface area contributed by atoms with Crippen molar-refractivity contribution in [3.63, 3.8) is 0 Å². The zero-order chi connectivity index (χ0) is 25.5. The van der Waals surface area contributed by atoms with Crippen molar-refractivity contribution in [3.05, 3.63) is 77.1 Å².